The Hall–Kier alpha value is -0.280. The largest absolute Gasteiger partial charge is 0.354 e. The van der Waals surface area contributed by atoms with Gasteiger partial charge in [0.15, 0.2) is 0 Å². The van der Waals surface area contributed by atoms with Gasteiger partial charge in [0.05, 0.1) is 5.54 Å². The van der Waals surface area contributed by atoms with Crippen molar-refractivity contribution in [1.82, 2.24) is 5.32 Å². The highest BCUT2D eigenvalue weighted by molar-refractivity contribution is 5.86. The van der Waals surface area contributed by atoms with E-state index < -0.39 is 5.54 Å². The average molecular weight is 289 g/mol. The first-order chi connectivity index (χ1) is 8.60. The lowest BCUT2D eigenvalue weighted by Gasteiger charge is -2.27. The van der Waals surface area contributed by atoms with Gasteiger partial charge in [-0.2, -0.15) is 0 Å². The summed E-state index contributed by atoms with van der Waals surface area (Å²) in [5.41, 5.74) is 5.58. The number of amides is 1. The third-order valence-corrected chi connectivity index (χ3v) is 4.83. The van der Waals surface area contributed by atoms with Gasteiger partial charge in [-0.25, -0.2) is 0 Å². The minimum Gasteiger partial charge on any atom is -0.354 e. The van der Waals surface area contributed by atoms with Gasteiger partial charge in [-0.1, -0.05) is 39.0 Å². The Kier molecular flexibility index (Phi) is 6.61. The van der Waals surface area contributed by atoms with Gasteiger partial charge < -0.3 is 11.1 Å². The van der Waals surface area contributed by atoms with Crippen LogP contribution in [0.25, 0.3) is 0 Å². The molecule has 0 bridgehead atoms. The number of carbonyl (C=O) groups excluding carboxylic acids is 1. The topological polar surface area (TPSA) is 55.1 Å². The van der Waals surface area contributed by atoms with Crippen molar-refractivity contribution in [3.8, 4) is 0 Å². The second-order valence-electron chi connectivity index (χ2n) is 6.55. The molecular weight excluding hydrogens is 260 g/mol. The molecule has 112 valence electrons. The van der Waals surface area contributed by atoms with Crippen LogP contribution in [-0.4, -0.2) is 18.0 Å². The van der Waals surface area contributed by atoms with Crippen molar-refractivity contribution >= 4 is 18.3 Å². The second kappa shape index (κ2) is 7.49. The Morgan fingerprint density at radius 2 is 1.95 bits per heavy atom. The smallest absolute Gasteiger partial charge is 0.240 e. The normalized spacial score (nSPS) is 29.6. The number of hydrogen-bond acceptors (Lipinski definition) is 2. The van der Waals surface area contributed by atoms with Gasteiger partial charge in [0.1, 0.15) is 0 Å². The number of nitrogens with two attached hydrogens (primary N) is 1. The highest BCUT2D eigenvalue weighted by Gasteiger charge is 2.36. The summed E-state index contributed by atoms with van der Waals surface area (Å²) in [5, 5.41) is 3.06. The molecule has 0 saturated heterocycles. The van der Waals surface area contributed by atoms with Gasteiger partial charge in [0.25, 0.3) is 0 Å². The summed E-state index contributed by atoms with van der Waals surface area (Å²) in [6.45, 7) is 3.16. The van der Waals surface area contributed by atoms with Crippen molar-refractivity contribution in [3.63, 3.8) is 0 Å². The Labute approximate surface area is 123 Å². The van der Waals surface area contributed by atoms with E-state index in [4.69, 9.17) is 5.73 Å². The van der Waals surface area contributed by atoms with E-state index in [1.807, 2.05) is 0 Å². The Bertz CT molecular complexity index is 290. The fourth-order valence-electron chi connectivity index (χ4n) is 3.62. The first-order valence-electron chi connectivity index (χ1n) is 7.67. The third-order valence-electron chi connectivity index (χ3n) is 4.83. The van der Waals surface area contributed by atoms with E-state index >= 15 is 0 Å². The van der Waals surface area contributed by atoms with Crippen LogP contribution in [0.4, 0.5) is 0 Å². The number of hydrogen-bond donors (Lipinski definition) is 2. The van der Waals surface area contributed by atoms with Crippen LogP contribution in [-0.2, 0) is 4.79 Å². The van der Waals surface area contributed by atoms with E-state index in [9.17, 15) is 4.79 Å². The zero-order valence-corrected chi connectivity index (χ0v) is 12.9. The van der Waals surface area contributed by atoms with E-state index in [2.05, 4.69) is 12.2 Å². The predicted molar refractivity (Wildman–Crippen MR) is 81.4 cm³/mol. The van der Waals surface area contributed by atoms with E-state index in [0.717, 1.165) is 50.5 Å². The minimum absolute atomic E-state index is 0. The maximum absolute atomic E-state index is 12.0. The molecule has 0 aromatic carbocycles. The molecule has 2 atom stereocenters. The summed E-state index contributed by atoms with van der Waals surface area (Å²) < 4.78 is 0. The van der Waals surface area contributed by atoms with Crippen molar-refractivity contribution < 1.29 is 4.79 Å². The third kappa shape index (κ3) is 4.64. The molecule has 2 unspecified atom stereocenters. The van der Waals surface area contributed by atoms with Crippen molar-refractivity contribution in [3.05, 3.63) is 0 Å². The molecule has 2 fully saturated rings. The first-order valence-corrected chi connectivity index (χ1v) is 7.67. The summed E-state index contributed by atoms with van der Waals surface area (Å²) >= 11 is 0. The molecule has 0 spiro atoms. The molecule has 0 aromatic rings. The summed E-state index contributed by atoms with van der Waals surface area (Å²) in [4.78, 5) is 12.0. The highest BCUT2D eigenvalue weighted by atomic mass is 35.5. The zero-order chi connectivity index (χ0) is 13.0. The molecular formula is C15H29ClN2O. The van der Waals surface area contributed by atoms with Crippen LogP contribution in [0.1, 0.15) is 64.7 Å². The molecule has 3 N–H and O–H groups in total. The predicted octanol–water partition coefficient (Wildman–Crippen LogP) is 3.01. The lowest BCUT2D eigenvalue weighted by atomic mass is 9.81. The Morgan fingerprint density at radius 1 is 1.26 bits per heavy atom. The number of halogens is 1. The van der Waals surface area contributed by atoms with Crippen LogP contribution < -0.4 is 11.1 Å². The molecule has 3 nitrogen and oxygen atoms in total. The molecule has 4 heteroatoms. The van der Waals surface area contributed by atoms with Gasteiger partial charge in [-0.15, -0.1) is 12.4 Å². The van der Waals surface area contributed by atoms with E-state index in [1.165, 1.54) is 25.7 Å². The van der Waals surface area contributed by atoms with Crippen LogP contribution in [0, 0.1) is 11.8 Å². The molecule has 2 saturated carbocycles. The van der Waals surface area contributed by atoms with Crippen molar-refractivity contribution in [2.45, 2.75) is 70.3 Å². The van der Waals surface area contributed by atoms with Crippen LogP contribution in [0.3, 0.4) is 0 Å². The molecule has 2 aliphatic carbocycles. The Morgan fingerprint density at radius 3 is 2.58 bits per heavy atom. The molecule has 0 aromatic heterocycles. The lowest BCUT2D eigenvalue weighted by molar-refractivity contribution is -0.126. The van der Waals surface area contributed by atoms with Crippen LogP contribution in [0.2, 0.25) is 0 Å². The molecule has 1 amide bonds. The summed E-state index contributed by atoms with van der Waals surface area (Å²) in [6.07, 6.45) is 10.5. The fourth-order valence-corrected chi connectivity index (χ4v) is 3.62. The molecule has 0 heterocycles. The van der Waals surface area contributed by atoms with Crippen LogP contribution in [0.15, 0.2) is 0 Å². The molecule has 0 aliphatic heterocycles. The highest BCUT2D eigenvalue weighted by Crippen LogP contribution is 2.30. The molecule has 2 rings (SSSR count). The lowest BCUT2D eigenvalue weighted by Crippen LogP contribution is -2.52. The van der Waals surface area contributed by atoms with Gasteiger partial charge in [0, 0.05) is 6.54 Å². The standard InChI is InChI=1S/C15H28N2O.ClH/c1-12-5-4-6-13(11-12)7-10-17-14(18)15(16)8-2-3-9-15;/h12-13H,2-11,16H2,1H3,(H,17,18);1H. The average Bonchev–Trinajstić information content (AvgIpc) is 2.77. The Balaban J connectivity index is 0.00000180. The van der Waals surface area contributed by atoms with Gasteiger partial charge in [-0.05, 0) is 37.5 Å². The minimum atomic E-state index is -0.556. The van der Waals surface area contributed by atoms with Crippen molar-refractivity contribution in [2.75, 3.05) is 6.54 Å². The van der Waals surface area contributed by atoms with Gasteiger partial charge in [-0.3, -0.25) is 4.79 Å². The SMILES string of the molecule is CC1CCCC(CCNC(=O)C2(N)CCCC2)C1.Cl. The van der Waals surface area contributed by atoms with Gasteiger partial charge in [0.2, 0.25) is 5.91 Å². The van der Waals surface area contributed by atoms with E-state index in [0.29, 0.717) is 0 Å². The van der Waals surface area contributed by atoms with Crippen LogP contribution >= 0.6 is 12.4 Å². The fraction of sp³-hybridized carbons (Fsp3) is 0.933. The van der Waals surface area contributed by atoms with E-state index in [-0.39, 0.29) is 18.3 Å². The molecule has 19 heavy (non-hydrogen) atoms. The zero-order valence-electron chi connectivity index (χ0n) is 12.1. The summed E-state index contributed by atoms with van der Waals surface area (Å²) in [6, 6.07) is 0. The molecule has 0 radical (unpaired) electrons. The quantitative estimate of drug-likeness (QED) is 0.835. The van der Waals surface area contributed by atoms with Crippen LogP contribution in [0.5, 0.6) is 0 Å². The number of nitrogens with one attached hydrogen (secondary N) is 1. The second-order valence-corrected chi connectivity index (χ2v) is 6.55. The maximum Gasteiger partial charge on any atom is 0.240 e. The number of carbonyl (C=O) groups is 1. The van der Waals surface area contributed by atoms with Crippen molar-refractivity contribution in [1.29, 1.82) is 0 Å². The van der Waals surface area contributed by atoms with E-state index in [1.54, 1.807) is 0 Å². The first kappa shape index (κ1) is 16.8. The van der Waals surface area contributed by atoms with Gasteiger partial charge >= 0.3 is 0 Å². The summed E-state index contributed by atoms with van der Waals surface area (Å²) in [5.74, 6) is 1.77. The van der Waals surface area contributed by atoms with Crippen molar-refractivity contribution in [2.24, 2.45) is 17.6 Å². The molecule has 2 aliphatic rings. The number of rotatable bonds is 4. The maximum atomic E-state index is 12.0. The monoisotopic (exact) mass is 288 g/mol. The summed E-state index contributed by atoms with van der Waals surface area (Å²) in [7, 11) is 0.